The highest BCUT2D eigenvalue weighted by atomic mass is 16.5. The molecule has 0 bridgehead atoms. The van der Waals surface area contributed by atoms with Crippen LogP contribution in [-0.2, 0) is 14.3 Å². The van der Waals surface area contributed by atoms with Crippen molar-refractivity contribution in [3.63, 3.8) is 0 Å². The van der Waals surface area contributed by atoms with Gasteiger partial charge in [0.2, 0.25) is 0 Å². The second kappa shape index (κ2) is 9.17. The fourth-order valence-electron chi connectivity index (χ4n) is 2.62. The quantitative estimate of drug-likeness (QED) is 0.752. The number of esters is 1. The van der Waals surface area contributed by atoms with Crippen molar-refractivity contribution in [1.29, 1.82) is 0 Å². The second-order valence-corrected chi connectivity index (χ2v) is 6.92. The van der Waals surface area contributed by atoms with Gasteiger partial charge in [0, 0.05) is 11.3 Å². The Labute approximate surface area is 165 Å². The normalized spacial score (nSPS) is 11.5. The molecule has 0 fully saturated rings. The number of aryl methyl sites for hydroxylation is 4. The van der Waals surface area contributed by atoms with Gasteiger partial charge in [-0.1, -0.05) is 23.8 Å². The molecular formula is C22H26N2O4. The van der Waals surface area contributed by atoms with Gasteiger partial charge >= 0.3 is 5.97 Å². The summed E-state index contributed by atoms with van der Waals surface area (Å²) >= 11 is 0. The van der Waals surface area contributed by atoms with E-state index in [1.165, 1.54) is 6.92 Å². The number of benzene rings is 2. The van der Waals surface area contributed by atoms with Crippen LogP contribution in [0.1, 0.15) is 39.5 Å². The van der Waals surface area contributed by atoms with E-state index in [4.69, 9.17) is 4.74 Å². The number of anilines is 1. The number of hydrogen-bond acceptors (Lipinski definition) is 4. The molecular weight excluding hydrogens is 356 g/mol. The molecule has 0 heterocycles. The maximum atomic E-state index is 12.2. The third-order valence-corrected chi connectivity index (χ3v) is 4.48. The summed E-state index contributed by atoms with van der Waals surface area (Å²) in [5.41, 5.74) is 5.23. The minimum atomic E-state index is -0.980. The molecule has 6 heteroatoms. The second-order valence-electron chi connectivity index (χ2n) is 6.92. The molecule has 1 atom stereocenters. The van der Waals surface area contributed by atoms with Crippen molar-refractivity contribution in [2.45, 2.75) is 40.7 Å². The first-order chi connectivity index (χ1) is 13.2. The summed E-state index contributed by atoms with van der Waals surface area (Å²) in [5, 5.41) is 5.25. The van der Waals surface area contributed by atoms with Crippen LogP contribution in [0.5, 0.6) is 0 Å². The number of nitrogens with one attached hydrogen (secondary N) is 2. The Morgan fingerprint density at radius 1 is 0.929 bits per heavy atom. The van der Waals surface area contributed by atoms with Gasteiger partial charge in [0.25, 0.3) is 11.8 Å². The minimum Gasteiger partial charge on any atom is -0.451 e. The van der Waals surface area contributed by atoms with Crippen LogP contribution in [0.25, 0.3) is 0 Å². The van der Waals surface area contributed by atoms with E-state index in [-0.39, 0.29) is 12.5 Å². The molecule has 0 radical (unpaired) electrons. The van der Waals surface area contributed by atoms with Crippen LogP contribution in [0.3, 0.4) is 0 Å². The van der Waals surface area contributed by atoms with Gasteiger partial charge < -0.3 is 15.4 Å². The molecule has 2 N–H and O–H groups in total. The Bertz CT molecular complexity index is 905. The van der Waals surface area contributed by atoms with Gasteiger partial charge in [-0.2, -0.15) is 0 Å². The first-order valence-corrected chi connectivity index (χ1v) is 9.10. The highest BCUT2D eigenvalue weighted by Gasteiger charge is 2.19. The standard InChI is InChI=1S/C22H26N2O4/c1-13-6-9-19(16(4)10-13)24-21(26)17(5)28-20(25)12-23-22(27)18-8-7-14(2)15(3)11-18/h6-11,17H,12H2,1-5H3,(H,23,27)(H,24,26)/t17-/m0/s1. The van der Waals surface area contributed by atoms with Gasteiger partial charge in [-0.05, 0) is 69.5 Å². The van der Waals surface area contributed by atoms with Crippen molar-refractivity contribution < 1.29 is 19.1 Å². The van der Waals surface area contributed by atoms with Crippen molar-refractivity contribution in [2.75, 3.05) is 11.9 Å². The van der Waals surface area contributed by atoms with Gasteiger partial charge in [-0.3, -0.25) is 14.4 Å². The van der Waals surface area contributed by atoms with Crippen molar-refractivity contribution in [3.8, 4) is 0 Å². The minimum absolute atomic E-state index is 0.313. The molecule has 0 aliphatic rings. The molecule has 0 aliphatic heterocycles. The van der Waals surface area contributed by atoms with Crippen LogP contribution in [0, 0.1) is 27.7 Å². The van der Waals surface area contributed by atoms with E-state index in [1.54, 1.807) is 18.2 Å². The molecule has 2 rings (SSSR count). The van der Waals surface area contributed by atoms with Gasteiger partial charge in [0.15, 0.2) is 6.10 Å². The van der Waals surface area contributed by atoms with E-state index in [9.17, 15) is 14.4 Å². The summed E-state index contributed by atoms with van der Waals surface area (Å²) in [6.45, 7) is 8.90. The third kappa shape index (κ3) is 5.67. The predicted molar refractivity (Wildman–Crippen MR) is 108 cm³/mol. The van der Waals surface area contributed by atoms with Gasteiger partial charge in [0.05, 0.1) is 0 Å². The van der Waals surface area contributed by atoms with Crippen LogP contribution in [-0.4, -0.2) is 30.4 Å². The fourth-order valence-corrected chi connectivity index (χ4v) is 2.62. The molecule has 28 heavy (non-hydrogen) atoms. The maximum Gasteiger partial charge on any atom is 0.326 e. The third-order valence-electron chi connectivity index (χ3n) is 4.48. The summed E-state index contributed by atoms with van der Waals surface area (Å²) in [6, 6.07) is 11.0. The lowest BCUT2D eigenvalue weighted by molar-refractivity contribution is -0.152. The van der Waals surface area contributed by atoms with Crippen LogP contribution in [0.4, 0.5) is 5.69 Å². The zero-order chi connectivity index (χ0) is 20.8. The van der Waals surface area contributed by atoms with Gasteiger partial charge in [-0.25, -0.2) is 0 Å². The molecule has 0 spiro atoms. The molecule has 2 aromatic carbocycles. The zero-order valence-corrected chi connectivity index (χ0v) is 16.9. The monoisotopic (exact) mass is 382 g/mol. The lowest BCUT2D eigenvalue weighted by atomic mass is 10.1. The molecule has 0 saturated carbocycles. The summed E-state index contributed by atoms with van der Waals surface area (Å²) in [6.07, 6.45) is -0.980. The molecule has 6 nitrogen and oxygen atoms in total. The number of carbonyl (C=O) groups is 3. The summed E-state index contributed by atoms with van der Waals surface area (Å²) in [7, 11) is 0. The lowest BCUT2D eigenvalue weighted by Gasteiger charge is -2.15. The average Bonchev–Trinajstić information content (AvgIpc) is 2.64. The highest BCUT2D eigenvalue weighted by molar-refractivity contribution is 5.97. The van der Waals surface area contributed by atoms with E-state index >= 15 is 0 Å². The van der Waals surface area contributed by atoms with E-state index in [2.05, 4.69) is 10.6 Å². The number of carbonyl (C=O) groups excluding carboxylic acids is 3. The van der Waals surface area contributed by atoms with Gasteiger partial charge in [-0.15, -0.1) is 0 Å². The van der Waals surface area contributed by atoms with Crippen LogP contribution in [0.2, 0.25) is 0 Å². The first kappa shape index (κ1) is 21.2. The van der Waals surface area contributed by atoms with Gasteiger partial charge in [0.1, 0.15) is 6.54 Å². The number of rotatable bonds is 6. The van der Waals surface area contributed by atoms with Crippen molar-refractivity contribution in [3.05, 3.63) is 64.2 Å². The van der Waals surface area contributed by atoms with Crippen LogP contribution >= 0.6 is 0 Å². The zero-order valence-electron chi connectivity index (χ0n) is 16.9. The van der Waals surface area contributed by atoms with Crippen molar-refractivity contribution >= 4 is 23.5 Å². The Balaban J connectivity index is 1.85. The SMILES string of the molecule is Cc1ccc(NC(=O)[C@H](C)OC(=O)CNC(=O)c2ccc(C)c(C)c2)c(C)c1. The Hall–Kier alpha value is -3.15. The molecule has 148 valence electrons. The fraction of sp³-hybridized carbons (Fsp3) is 0.318. The number of amides is 2. The van der Waals surface area contributed by atoms with Crippen molar-refractivity contribution in [1.82, 2.24) is 5.32 Å². The Morgan fingerprint density at radius 3 is 2.29 bits per heavy atom. The average molecular weight is 382 g/mol. The summed E-state index contributed by atoms with van der Waals surface area (Å²) in [5.74, 6) is -1.48. The molecule has 0 aliphatic carbocycles. The van der Waals surface area contributed by atoms with E-state index in [1.807, 2.05) is 45.9 Å². The van der Waals surface area contributed by atoms with E-state index in [0.717, 1.165) is 22.3 Å². The van der Waals surface area contributed by atoms with Crippen LogP contribution < -0.4 is 10.6 Å². The Kier molecular flexibility index (Phi) is 6.93. The molecule has 0 aromatic heterocycles. The van der Waals surface area contributed by atoms with Crippen molar-refractivity contribution in [2.24, 2.45) is 0 Å². The predicted octanol–water partition coefficient (Wildman–Crippen LogP) is 3.22. The maximum absolute atomic E-state index is 12.2. The molecule has 0 unspecified atom stereocenters. The Morgan fingerprint density at radius 2 is 1.64 bits per heavy atom. The number of ether oxygens (including phenoxy) is 1. The largest absolute Gasteiger partial charge is 0.451 e. The van der Waals surface area contributed by atoms with Crippen LogP contribution in [0.15, 0.2) is 36.4 Å². The lowest BCUT2D eigenvalue weighted by Crippen LogP contribution is -2.36. The number of hydrogen-bond donors (Lipinski definition) is 2. The molecule has 2 amide bonds. The summed E-state index contributed by atoms with van der Waals surface area (Å²) in [4.78, 5) is 36.3. The molecule has 2 aromatic rings. The topological polar surface area (TPSA) is 84.5 Å². The highest BCUT2D eigenvalue weighted by Crippen LogP contribution is 2.16. The van der Waals surface area contributed by atoms with E-state index in [0.29, 0.717) is 11.3 Å². The summed E-state index contributed by atoms with van der Waals surface area (Å²) < 4.78 is 5.11. The molecule has 0 saturated heterocycles. The first-order valence-electron chi connectivity index (χ1n) is 9.10. The smallest absolute Gasteiger partial charge is 0.326 e. The van der Waals surface area contributed by atoms with E-state index < -0.39 is 18.0 Å².